The van der Waals surface area contributed by atoms with Crippen molar-refractivity contribution in [1.82, 2.24) is 4.57 Å². The summed E-state index contributed by atoms with van der Waals surface area (Å²) in [5.74, 6) is 1.43. The lowest BCUT2D eigenvalue weighted by Gasteiger charge is -1.99. The minimum absolute atomic E-state index is 0.0230. The molecule has 2 aromatic rings. The third-order valence-corrected chi connectivity index (χ3v) is 3.02. The Labute approximate surface area is 110 Å². The number of allylic oxidation sites excluding steroid dienone is 1. The van der Waals surface area contributed by atoms with E-state index in [1.165, 1.54) is 0 Å². The minimum atomic E-state index is -0.0230. The van der Waals surface area contributed by atoms with Crippen molar-refractivity contribution in [2.45, 2.75) is 0 Å². The summed E-state index contributed by atoms with van der Waals surface area (Å²) in [6.45, 7) is 0.255. The first-order valence-electron chi connectivity index (χ1n) is 5.97. The Kier molecular flexibility index (Phi) is 2.83. The van der Waals surface area contributed by atoms with Crippen LogP contribution in [0.4, 0.5) is 0 Å². The highest BCUT2D eigenvalue weighted by molar-refractivity contribution is 6.05. The topological polar surface area (TPSA) is 40.5 Å². The molecule has 1 aliphatic rings. The summed E-state index contributed by atoms with van der Waals surface area (Å²) in [6.07, 6.45) is 5.19. The molecule has 19 heavy (non-hydrogen) atoms. The van der Waals surface area contributed by atoms with Crippen molar-refractivity contribution in [3.05, 3.63) is 53.9 Å². The van der Waals surface area contributed by atoms with Crippen LogP contribution in [0.5, 0.6) is 11.5 Å². The molecule has 0 N–H and O–H groups in total. The van der Waals surface area contributed by atoms with Crippen LogP contribution in [0.1, 0.15) is 16.1 Å². The standard InChI is InChI=1S/C15H13NO3/c1-16-8-2-3-12(16)13(17)6-4-11-5-7-14-15(9-11)19-10-18-14/h2-9H,10H2,1H3/b6-4+. The van der Waals surface area contributed by atoms with Crippen LogP contribution in [-0.4, -0.2) is 17.1 Å². The van der Waals surface area contributed by atoms with Crippen molar-refractivity contribution in [1.29, 1.82) is 0 Å². The lowest BCUT2D eigenvalue weighted by Crippen LogP contribution is -2.01. The molecule has 0 aliphatic carbocycles. The summed E-state index contributed by atoms with van der Waals surface area (Å²) >= 11 is 0. The van der Waals surface area contributed by atoms with E-state index in [1.54, 1.807) is 22.8 Å². The number of nitrogens with zero attached hydrogens (tertiary/aromatic N) is 1. The number of hydrogen-bond acceptors (Lipinski definition) is 3. The maximum absolute atomic E-state index is 12.0. The summed E-state index contributed by atoms with van der Waals surface area (Å²) in [6, 6.07) is 9.24. The Morgan fingerprint density at radius 3 is 2.89 bits per heavy atom. The second kappa shape index (κ2) is 4.65. The van der Waals surface area contributed by atoms with Gasteiger partial charge in [-0.1, -0.05) is 12.1 Å². The molecule has 1 aliphatic heterocycles. The van der Waals surface area contributed by atoms with Gasteiger partial charge < -0.3 is 14.0 Å². The molecule has 0 unspecified atom stereocenters. The van der Waals surface area contributed by atoms with Gasteiger partial charge in [0.1, 0.15) is 0 Å². The van der Waals surface area contributed by atoms with Crippen LogP contribution in [0.25, 0.3) is 6.08 Å². The number of rotatable bonds is 3. The fourth-order valence-corrected chi connectivity index (χ4v) is 1.99. The number of carbonyl (C=O) groups is 1. The first kappa shape index (κ1) is 11.6. The monoisotopic (exact) mass is 255 g/mol. The van der Waals surface area contributed by atoms with E-state index < -0.39 is 0 Å². The Morgan fingerprint density at radius 1 is 1.26 bits per heavy atom. The first-order valence-corrected chi connectivity index (χ1v) is 5.97. The van der Waals surface area contributed by atoms with Gasteiger partial charge in [-0.15, -0.1) is 0 Å². The van der Waals surface area contributed by atoms with E-state index >= 15 is 0 Å². The number of ether oxygens (including phenoxy) is 2. The third-order valence-electron chi connectivity index (χ3n) is 3.02. The molecule has 0 spiro atoms. The molecule has 0 fully saturated rings. The van der Waals surface area contributed by atoms with Crippen LogP contribution in [0.3, 0.4) is 0 Å². The number of aryl methyl sites for hydroxylation is 1. The molecule has 96 valence electrons. The average Bonchev–Trinajstić information content (AvgIpc) is 3.03. The number of ketones is 1. The highest BCUT2D eigenvalue weighted by Crippen LogP contribution is 2.32. The Morgan fingerprint density at radius 2 is 2.11 bits per heavy atom. The van der Waals surface area contributed by atoms with Gasteiger partial charge in [-0.25, -0.2) is 0 Å². The number of fused-ring (bicyclic) bond motifs is 1. The van der Waals surface area contributed by atoms with Gasteiger partial charge in [0.05, 0.1) is 5.69 Å². The first-order chi connectivity index (χ1) is 9.24. The molecule has 0 saturated heterocycles. The van der Waals surface area contributed by atoms with E-state index in [0.29, 0.717) is 11.4 Å². The highest BCUT2D eigenvalue weighted by Gasteiger charge is 2.12. The minimum Gasteiger partial charge on any atom is -0.454 e. The lowest BCUT2D eigenvalue weighted by atomic mass is 10.1. The fraction of sp³-hybridized carbons (Fsp3) is 0.133. The summed E-state index contributed by atoms with van der Waals surface area (Å²) in [5.41, 5.74) is 1.57. The Balaban J connectivity index is 1.80. The van der Waals surface area contributed by atoms with Crippen molar-refractivity contribution < 1.29 is 14.3 Å². The van der Waals surface area contributed by atoms with Gasteiger partial charge >= 0.3 is 0 Å². The average molecular weight is 255 g/mol. The van der Waals surface area contributed by atoms with Gasteiger partial charge in [0.15, 0.2) is 11.5 Å². The van der Waals surface area contributed by atoms with Gasteiger partial charge in [-0.3, -0.25) is 4.79 Å². The summed E-state index contributed by atoms with van der Waals surface area (Å²) in [4.78, 5) is 12.0. The van der Waals surface area contributed by atoms with E-state index in [4.69, 9.17) is 9.47 Å². The number of hydrogen-bond donors (Lipinski definition) is 0. The summed E-state index contributed by atoms with van der Waals surface area (Å²) in [7, 11) is 1.85. The molecule has 0 saturated carbocycles. The molecule has 2 heterocycles. The molecular weight excluding hydrogens is 242 g/mol. The molecule has 0 bridgehead atoms. The lowest BCUT2D eigenvalue weighted by molar-refractivity contribution is 0.104. The zero-order chi connectivity index (χ0) is 13.2. The number of benzene rings is 1. The van der Waals surface area contributed by atoms with Crippen molar-refractivity contribution in [2.75, 3.05) is 6.79 Å². The van der Waals surface area contributed by atoms with Gasteiger partial charge in [-0.05, 0) is 35.9 Å². The van der Waals surface area contributed by atoms with Crippen LogP contribution in [0, 0.1) is 0 Å². The predicted octanol–water partition coefficient (Wildman–Crippen LogP) is 2.65. The third kappa shape index (κ3) is 2.25. The molecule has 0 atom stereocenters. The quantitative estimate of drug-likeness (QED) is 0.625. The van der Waals surface area contributed by atoms with Gasteiger partial charge in [0.2, 0.25) is 12.6 Å². The SMILES string of the molecule is Cn1cccc1C(=O)/C=C/c1ccc2c(c1)OCO2. The number of aromatic nitrogens is 1. The molecular formula is C15H13NO3. The summed E-state index contributed by atoms with van der Waals surface area (Å²) in [5, 5.41) is 0. The molecule has 1 aromatic heterocycles. The van der Waals surface area contributed by atoms with E-state index in [2.05, 4.69) is 0 Å². The second-order valence-electron chi connectivity index (χ2n) is 4.31. The Bertz CT molecular complexity index is 655. The summed E-state index contributed by atoms with van der Waals surface area (Å²) < 4.78 is 12.3. The predicted molar refractivity (Wildman–Crippen MR) is 71.3 cm³/mol. The second-order valence-corrected chi connectivity index (χ2v) is 4.31. The van der Waals surface area contributed by atoms with E-state index in [9.17, 15) is 4.79 Å². The molecule has 1 aromatic carbocycles. The normalized spacial score (nSPS) is 13.1. The zero-order valence-electron chi connectivity index (χ0n) is 10.5. The molecule has 0 radical (unpaired) electrons. The van der Waals surface area contributed by atoms with Crippen LogP contribution in [-0.2, 0) is 7.05 Å². The van der Waals surface area contributed by atoms with Gasteiger partial charge in [0, 0.05) is 13.2 Å². The van der Waals surface area contributed by atoms with E-state index in [1.807, 2.05) is 37.5 Å². The van der Waals surface area contributed by atoms with Crippen molar-refractivity contribution >= 4 is 11.9 Å². The fourth-order valence-electron chi connectivity index (χ4n) is 1.99. The largest absolute Gasteiger partial charge is 0.454 e. The van der Waals surface area contributed by atoms with Crippen molar-refractivity contribution in [3.63, 3.8) is 0 Å². The van der Waals surface area contributed by atoms with E-state index in [0.717, 1.165) is 11.3 Å². The van der Waals surface area contributed by atoms with Gasteiger partial charge in [-0.2, -0.15) is 0 Å². The van der Waals surface area contributed by atoms with Crippen LogP contribution < -0.4 is 9.47 Å². The smallest absolute Gasteiger partial charge is 0.231 e. The number of carbonyl (C=O) groups excluding carboxylic acids is 1. The van der Waals surface area contributed by atoms with E-state index in [-0.39, 0.29) is 12.6 Å². The molecule has 4 nitrogen and oxygen atoms in total. The Hall–Kier alpha value is -2.49. The van der Waals surface area contributed by atoms with Crippen molar-refractivity contribution in [2.24, 2.45) is 7.05 Å². The molecule has 4 heteroatoms. The molecule has 0 amide bonds. The van der Waals surface area contributed by atoms with Crippen LogP contribution in [0.15, 0.2) is 42.6 Å². The zero-order valence-corrected chi connectivity index (χ0v) is 10.5. The molecule has 3 rings (SSSR count). The van der Waals surface area contributed by atoms with Crippen molar-refractivity contribution in [3.8, 4) is 11.5 Å². The van der Waals surface area contributed by atoms with Crippen LogP contribution in [0.2, 0.25) is 0 Å². The van der Waals surface area contributed by atoms with Gasteiger partial charge in [0.25, 0.3) is 0 Å². The van der Waals surface area contributed by atoms with Crippen LogP contribution >= 0.6 is 0 Å². The highest BCUT2D eigenvalue weighted by atomic mass is 16.7. The maximum atomic E-state index is 12.0. The maximum Gasteiger partial charge on any atom is 0.231 e.